The van der Waals surface area contributed by atoms with Crippen molar-refractivity contribution in [2.24, 2.45) is 5.73 Å². The molecule has 4 aromatic rings. The topological polar surface area (TPSA) is 104 Å². The van der Waals surface area contributed by atoms with E-state index in [2.05, 4.69) is 9.97 Å². The standard InChI is InChI=1S/C22H19N5O2S/c1-12-26-16(13-6-4-3-5-7-13)19(30-12)18-17-14(24-11-25-18)10-15(29-2)20(27-17)22(8-9-22)21(23)28/h3-7,10-11H,8-9H2,1-2H3,(H2,23,28). The highest BCUT2D eigenvalue weighted by Gasteiger charge is 2.53. The molecule has 7 nitrogen and oxygen atoms in total. The number of nitrogens with two attached hydrogens (primary N) is 1. The Labute approximate surface area is 177 Å². The summed E-state index contributed by atoms with van der Waals surface area (Å²) in [4.78, 5) is 31.6. The minimum absolute atomic E-state index is 0.385. The van der Waals surface area contributed by atoms with Gasteiger partial charge in [0.05, 0.1) is 39.3 Å². The Hall–Kier alpha value is -3.39. The molecule has 0 radical (unpaired) electrons. The number of pyridine rings is 1. The monoisotopic (exact) mass is 417 g/mol. The second-order valence-corrected chi connectivity index (χ2v) is 8.56. The van der Waals surface area contributed by atoms with E-state index < -0.39 is 5.41 Å². The van der Waals surface area contributed by atoms with Crippen LogP contribution in [0.2, 0.25) is 0 Å². The lowest BCUT2D eigenvalue weighted by Crippen LogP contribution is -2.29. The first-order valence-electron chi connectivity index (χ1n) is 9.57. The predicted molar refractivity (Wildman–Crippen MR) is 115 cm³/mol. The number of hydrogen-bond donors (Lipinski definition) is 1. The molecule has 30 heavy (non-hydrogen) atoms. The molecule has 3 heterocycles. The number of rotatable bonds is 5. The van der Waals surface area contributed by atoms with Gasteiger partial charge in [-0.2, -0.15) is 0 Å². The first kappa shape index (κ1) is 18.6. The van der Waals surface area contributed by atoms with Crippen molar-refractivity contribution in [3.05, 3.63) is 53.4 Å². The summed E-state index contributed by atoms with van der Waals surface area (Å²) in [6.07, 6.45) is 2.84. The third kappa shape index (κ3) is 2.83. The highest BCUT2D eigenvalue weighted by Crippen LogP contribution is 2.51. The Bertz CT molecular complexity index is 1280. The van der Waals surface area contributed by atoms with Gasteiger partial charge in [0.25, 0.3) is 0 Å². The molecule has 0 aliphatic heterocycles. The molecule has 8 heteroatoms. The van der Waals surface area contributed by atoms with Gasteiger partial charge in [0.2, 0.25) is 5.91 Å². The van der Waals surface area contributed by atoms with E-state index in [1.54, 1.807) is 18.4 Å². The van der Waals surface area contributed by atoms with Crippen LogP contribution in [0.15, 0.2) is 42.7 Å². The van der Waals surface area contributed by atoms with Crippen LogP contribution >= 0.6 is 11.3 Å². The number of methoxy groups -OCH3 is 1. The Morgan fingerprint density at radius 3 is 2.57 bits per heavy atom. The number of aromatic nitrogens is 4. The smallest absolute Gasteiger partial charge is 0.229 e. The van der Waals surface area contributed by atoms with Crippen LogP contribution in [0.1, 0.15) is 23.5 Å². The van der Waals surface area contributed by atoms with Gasteiger partial charge in [-0.25, -0.2) is 19.9 Å². The summed E-state index contributed by atoms with van der Waals surface area (Å²) in [7, 11) is 1.56. The van der Waals surface area contributed by atoms with Crippen LogP contribution in [-0.2, 0) is 10.2 Å². The molecule has 1 aliphatic carbocycles. The molecule has 1 fully saturated rings. The summed E-state index contributed by atoms with van der Waals surface area (Å²) >= 11 is 1.56. The van der Waals surface area contributed by atoms with Crippen molar-refractivity contribution in [3.8, 4) is 27.6 Å². The van der Waals surface area contributed by atoms with Crippen LogP contribution in [0.25, 0.3) is 32.9 Å². The fraction of sp³-hybridized carbons (Fsp3) is 0.227. The Morgan fingerprint density at radius 1 is 1.13 bits per heavy atom. The average molecular weight is 417 g/mol. The summed E-state index contributed by atoms with van der Waals surface area (Å²) < 4.78 is 5.53. The lowest BCUT2D eigenvalue weighted by atomic mass is 9.99. The maximum Gasteiger partial charge on any atom is 0.229 e. The highest BCUT2D eigenvalue weighted by atomic mass is 32.1. The zero-order chi connectivity index (χ0) is 20.9. The largest absolute Gasteiger partial charge is 0.495 e. The van der Waals surface area contributed by atoms with Crippen LogP contribution in [0.3, 0.4) is 0 Å². The fourth-order valence-electron chi connectivity index (χ4n) is 3.74. The quantitative estimate of drug-likeness (QED) is 0.532. The van der Waals surface area contributed by atoms with E-state index in [1.165, 1.54) is 6.33 Å². The van der Waals surface area contributed by atoms with Gasteiger partial charge in [-0.15, -0.1) is 11.3 Å². The molecule has 1 aromatic carbocycles. The minimum Gasteiger partial charge on any atom is -0.495 e. The van der Waals surface area contributed by atoms with Crippen molar-refractivity contribution in [2.75, 3.05) is 7.11 Å². The minimum atomic E-state index is -0.779. The summed E-state index contributed by atoms with van der Waals surface area (Å²) in [6.45, 7) is 1.97. The van der Waals surface area contributed by atoms with Crippen molar-refractivity contribution in [1.29, 1.82) is 0 Å². The van der Waals surface area contributed by atoms with Gasteiger partial charge in [-0.1, -0.05) is 30.3 Å². The number of benzene rings is 1. The van der Waals surface area contributed by atoms with Crippen molar-refractivity contribution >= 4 is 28.3 Å². The number of carbonyl (C=O) groups is 1. The number of nitrogens with zero attached hydrogens (tertiary/aromatic N) is 4. The summed E-state index contributed by atoms with van der Waals surface area (Å²) in [5.74, 6) is 0.136. The van der Waals surface area contributed by atoms with Gasteiger partial charge in [-0.05, 0) is 19.8 Å². The van der Waals surface area contributed by atoms with E-state index in [0.29, 0.717) is 41.0 Å². The molecular weight excluding hydrogens is 398 g/mol. The average Bonchev–Trinajstić information content (AvgIpc) is 3.49. The number of primary amides is 1. The Morgan fingerprint density at radius 2 is 1.90 bits per heavy atom. The summed E-state index contributed by atoms with van der Waals surface area (Å²) in [6, 6.07) is 11.8. The number of thiazole rings is 1. The number of carbonyl (C=O) groups excluding carboxylic acids is 1. The van der Waals surface area contributed by atoms with Gasteiger partial charge in [-0.3, -0.25) is 4.79 Å². The number of fused-ring (bicyclic) bond motifs is 1. The molecule has 150 valence electrons. The predicted octanol–water partition coefficient (Wildman–Crippen LogP) is 3.65. The van der Waals surface area contributed by atoms with E-state index in [0.717, 1.165) is 21.1 Å². The molecule has 1 aliphatic rings. The SMILES string of the molecule is COc1cc2ncnc(-c3sc(C)nc3-c3ccccc3)c2nc1C1(C(N)=O)CC1. The maximum atomic E-state index is 12.2. The molecule has 1 amide bonds. The number of amides is 1. The molecule has 2 N–H and O–H groups in total. The van der Waals surface area contributed by atoms with Crippen LogP contribution < -0.4 is 10.5 Å². The van der Waals surface area contributed by atoms with Crippen molar-refractivity contribution in [2.45, 2.75) is 25.2 Å². The molecule has 0 atom stereocenters. The van der Waals surface area contributed by atoms with Crippen LogP contribution in [-0.4, -0.2) is 33.0 Å². The van der Waals surface area contributed by atoms with E-state index >= 15 is 0 Å². The molecular formula is C22H19N5O2S. The van der Waals surface area contributed by atoms with Gasteiger partial charge in [0.1, 0.15) is 23.3 Å². The maximum absolute atomic E-state index is 12.2. The normalized spacial score (nSPS) is 14.6. The number of hydrogen-bond acceptors (Lipinski definition) is 7. The molecule has 0 spiro atoms. The van der Waals surface area contributed by atoms with E-state index in [1.807, 2.05) is 43.3 Å². The molecule has 1 saturated carbocycles. The Balaban J connectivity index is 1.77. The van der Waals surface area contributed by atoms with E-state index in [9.17, 15) is 4.79 Å². The number of ether oxygens (including phenoxy) is 1. The van der Waals surface area contributed by atoms with Gasteiger partial charge in [0, 0.05) is 11.6 Å². The zero-order valence-electron chi connectivity index (χ0n) is 16.5. The van der Waals surface area contributed by atoms with Crippen molar-refractivity contribution < 1.29 is 9.53 Å². The second-order valence-electron chi connectivity index (χ2n) is 7.35. The first-order chi connectivity index (χ1) is 14.5. The lowest BCUT2D eigenvalue weighted by Gasteiger charge is -2.16. The summed E-state index contributed by atoms with van der Waals surface area (Å²) in [5.41, 5.74) is 9.30. The zero-order valence-corrected chi connectivity index (χ0v) is 17.4. The van der Waals surface area contributed by atoms with Crippen molar-refractivity contribution in [3.63, 3.8) is 0 Å². The third-order valence-corrected chi connectivity index (χ3v) is 6.44. The highest BCUT2D eigenvalue weighted by molar-refractivity contribution is 7.15. The number of aryl methyl sites for hydroxylation is 1. The van der Waals surface area contributed by atoms with Gasteiger partial charge >= 0.3 is 0 Å². The van der Waals surface area contributed by atoms with Crippen LogP contribution in [0.4, 0.5) is 0 Å². The fourth-order valence-corrected chi connectivity index (χ4v) is 4.67. The third-order valence-electron chi connectivity index (χ3n) is 5.47. The van der Waals surface area contributed by atoms with Crippen LogP contribution in [0.5, 0.6) is 5.75 Å². The molecule has 0 bridgehead atoms. The first-order valence-corrected chi connectivity index (χ1v) is 10.4. The molecule has 5 rings (SSSR count). The molecule has 0 saturated heterocycles. The molecule has 0 unspecified atom stereocenters. The van der Waals surface area contributed by atoms with Crippen molar-refractivity contribution in [1.82, 2.24) is 19.9 Å². The Kier molecular flexibility index (Phi) is 4.25. The molecule has 3 aromatic heterocycles. The summed E-state index contributed by atoms with van der Waals surface area (Å²) in [5, 5.41) is 0.931. The lowest BCUT2D eigenvalue weighted by molar-refractivity contribution is -0.120. The van der Waals surface area contributed by atoms with Crippen LogP contribution in [0, 0.1) is 6.92 Å². The second kappa shape index (κ2) is 6.84. The van der Waals surface area contributed by atoms with Gasteiger partial charge in [0.15, 0.2) is 0 Å². The van der Waals surface area contributed by atoms with E-state index in [-0.39, 0.29) is 5.91 Å². The van der Waals surface area contributed by atoms with Gasteiger partial charge < -0.3 is 10.5 Å². The van der Waals surface area contributed by atoms with E-state index in [4.69, 9.17) is 20.4 Å².